The van der Waals surface area contributed by atoms with Gasteiger partial charge in [0.15, 0.2) is 0 Å². The van der Waals surface area contributed by atoms with Gasteiger partial charge in [-0.05, 0) is 26.3 Å². The predicted octanol–water partition coefficient (Wildman–Crippen LogP) is 1.39. The monoisotopic (exact) mass is 195 g/mol. The summed E-state index contributed by atoms with van der Waals surface area (Å²) in [5.41, 5.74) is 1.54. The second kappa shape index (κ2) is 6.54. The summed E-state index contributed by atoms with van der Waals surface area (Å²) in [5.74, 6) is 8.00. The molecule has 0 aliphatic rings. The fraction of sp³-hybridized carbons (Fsp3) is 0.455. The van der Waals surface area contributed by atoms with Crippen LogP contribution in [0.2, 0.25) is 0 Å². The molecule has 3 heteroatoms. The lowest BCUT2D eigenvalue weighted by atomic mass is 10.1. The minimum atomic E-state index is 0.204. The minimum Gasteiger partial charge on any atom is -0.308 e. The first-order valence-corrected chi connectivity index (χ1v) is 4.70. The highest BCUT2D eigenvalue weighted by Crippen LogP contribution is 2.03. The van der Waals surface area contributed by atoms with Crippen molar-refractivity contribution in [1.29, 1.82) is 0 Å². The number of hydrogen-bond donors (Lipinski definition) is 3. The van der Waals surface area contributed by atoms with Crippen LogP contribution < -0.4 is 17.0 Å². The standard InChI is InChI=1S/C11H17N.H4N2/c1-11(2,3)12-9-10-7-5-4-6-8-10;1-2/h4-8,12H,9H2,1-3H3;1-2H2. The second-order valence-corrected chi connectivity index (χ2v) is 4.09. The van der Waals surface area contributed by atoms with Crippen LogP contribution in [0.5, 0.6) is 0 Å². The highest BCUT2D eigenvalue weighted by molar-refractivity contribution is 5.14. The molecule has 5 N–H and O–H groups in total. The van der Waals surface area contributed by atoms with Gasteiger partial charge in [-0.1, -0.05) is 30.3 Å². The smallest absolute Gasteiger partial charge is 0.0210 e. The van der Waals surface area contributed by atoms with E-state index in [0.717, 1.165) is 6.54 Å². The molecule has 0 aliphatic heterocycles. The van der Waals surface area contributed by atoms with E-state index in [1.807, 2.05) is 6.07 Å². The highest BCUT2D eigenvalue weighted by atomic mass is 15.0. The number of nitrogens with two attached hydrogens (primary N) is 2. The van der Waals surface area contributed by atoms with Gasteiger partial charge < -0.3 is 5.32 Å². The minimum absolute atomic E-state index is 0.204. The molecular formula is C11H21N3. The van der Waals surface area contributed by atoms with Gasteiger partial charge in [0.25, 0.3) is 0 Å². The Labute approximate surface area is 86.5 Å². The van der Waals surface area contributed by atoms with Crippen LogP contribution in [0.25, 0.3) is 0 Å². The van der Waals surface area contributed by atoms with E-state index in [4.69, 9.17) is 0 Å². The van der Waals surface area contributed by atoms with Crippen molar-refractivity contribution >= 4 is 0 Å². The maximum absolute atomic E-state index is 4.00. The molecule has 3 nitrogen and oxygen atoms in total. The van der Waals surface area contributed by atoms with E-state index >= 15 is 0 Å². The van der Waals surface area contributed by atoms with Crippen LogP contribution in [0.3, 0.4) is 0 Å². The molecule has 0 aromatic heterocycles. The first-order chi connectivity index (χ1) is 6.58. The van der Waals surface area contributed by atoms with Gasteiger partial charge in [0, 0.05) is 12.1 Å². The lowest BCUT2D eigenvalue weighted by Crippen LogP contribution is -2.34. The average Bonchev–Trinajstić information content (AvgIpc) is 2.19. The van der Waals surface area contributed by atoms with E-state index in [9.17, 15) is 0 Å². The summed E-state index contributed by atoms with van der Waals surface area (Å²) in [5, 5.41) is 3.44. The Balaban J connectivity index is 0.000000791. The summed E-state index contributed by atoms with van der Waals surface area (Å²) >= 11 is 0. The third-order valence-corrected chi connectivity index (χ3v) is 1.67. The average molecular weight is 195 g/mol. The summed E-state index contributed by atoms with van der Waals surface area (Å²) < 4.78 is 0. The Morgan fingerprint density at radius 2 is 1.57 bits per heavy atom. The number of rotatable bonds is 2. The SMILES string of the molecule is CC(C)(C)NCc1ccccc1.NN. The molecule has 0 bridgehead atoms. The molecule has 1 aromatic rings. The van der Waals surface area contributed by atoms with Crippen molar-refractivity contribution in [1.82, 2.24) is 5.32 Å². The highest BCUT2D eigenvalue weighted by Gasteiger charge is 2.07. The zero-order valence-corrected chi connectivity index (χ0v) is 9.25. The quantitative estimate of drug-likeness (QED) is 0.493. The van der Waals surface area contributed by atoms with Gasteiger partial charge in [-0.3, -0.25) is 11.7 Å². The molecule has 1 rings (SSSR count). The normalized spacial score (nSPS) is 10.4. The molecule has 1 aromatic carbocycles. The van der Waals surface area contributed by atoms with Crippen LogP contribution in [0.1, 0.15) is 26.3 Å². The second-order valence-electron chi connectivity index (χ2n) is 4.09. The zero-order chi connectivity index (χ0) is 11.0. The maximum Gasteiger partial charge on any atom is 0.0210 e. The Kier molecular flexibility index (Phi) is 6.12. The molecule has 0 saturated carbocycles. The molecule has 0 saturated heterocycles. The zero-order valence-electron chi connectivity index (χ0n) is 9.25. The molecule has 0 amide bonds. The molecule has 14 heavy (non-hydrogen) atoms. The summed E-state index contributed by atoms with van der Waals surface area (Å²) in [6.07, 6.45) is 0. The van der Waals surface area contributed by atoms with Gasteiger partial charge in [-0.25, -0.2) is 0 Å². The topological polar surface area (TPSA) is 64.1 Å². The van der Waals surface area contributed by atoms with Crippen molar-refractivity contribution in [3.8, 4) is 0 Å². The third kappa shape index (κ3) is 6.60. The third-order valence-electron chi connectivity index (χ3n) is 1.67. The molecule has 0 unspecified atom stereocenters. The van der Waals surface area contributed by atoms with E-state index in [-0.39, 0.29) is 5.54 Å². The van der Waals surface area contributed by atoms with Crippen LogP contribution in [-0.4, -0.2) is 5.54 Å². The molecule has 80 valence electrons. The molecule has 0 heterocycles. The lowest BCUT2D eigenvalue weighted by molar-refractivity contribution is 0.424. The van der Waals surface area contributed by atoms with Crippen LogP contribution in [0.4, 0.5) is 0 Å². The Bertz CT molecular complexity index is 226. The van der Waals surface area contributed by atoms with Crippen molar-refractivity contribution < 1.29 is 0 Å². The van der Waals surface area contributed by atoms with Crippen LogP contribution in [-0.2, 0) is 6.54 Å². The lowest BCUT2D eigenvalue weighted by Gasteiger charge is -2.20. The molecule has 0 fully saturated rings. The van der Waals surface area contributed by atoms with Gasteiger partial charge in [0.2, 0.25) is 0 Å². The molecule has 0 atom stereocenters. The van der Waals surface area contributed by atoms with Crippen LogP contribution in [0.15, 0.2) is 30.3 Å². The van der Waals surface area contributed by atoms with E-state index in [1.54, 1.807) is 0 Å². The summed E-state index contributed by atoms with van der Waals surface area (Å²) in [6.45, 7) is 7.48. The van der Waals surface area contributed by atoms with Gasteiger partial charge in [-0.2, -0.15) is 0 Å². The summed E-state index contributed by atoms with van der Waals surface area (Å²) in [7, 11) is 0. The van der Waals surface area contributed by atoms with Crippen molar-refractivity contribution in [2.45, 2.75) is 32.9 Å². The van der Waals surface area contributed by atoms with Crippen LogP contribution >= 0.6 is 0 Å². The Morgan fingerprint density at radius 1 is 1.07 bits per heavy atom. The van der Waals surface area contributed by atoms with Crippen LogP contribution in [0, 0.1) is 0 Å². The Morgan fingerprint density at radius 3 is 2.00 bits per heavy atom. The van der Waals surface area contributed by atoms with Crippen molar-refractivity contribution in [2.24, 2.45) is 11.7 Å². The van der Waals surface area contributed by atoms with Crippen molar-refractivity contribution in [3.05, 3.63) is 35.9 Å². The number of hydrogen-bond acceptors (Lipinski definition) is 3. The fourth-order valence-electron chi connectivity index (χ4n) is 0.963. The van der Waals surface area contributed by atoms with Crippen molar-refractivity contribution in [3.63, 3.8) is 0 Å². The van der Waals surface area contributed by atoms with Gasteiger partial charge >= 0.3 is 0 Å². The van der Waals surface area contributed by atoms with E-state index in [0.29, 0.717) is 0 Å². The number of hydrazine groups is 1. The molecule has 0 radical (unpaired) electrons. The molecule has 0 aliphatic carbocycles. The molecular weight excluding hydrogens is 174 g/mol. The molecule has 0 spiro atoms. The fourth-order valence-corrected chi connectivity index (χ4v) is 0.963. The van der Waals surface area contributed by atoms with E-state index in [1.165, 1.54) is 5.56 Å². The first-order valence-electron chi connectivity index (χ1n) is 4.70. The maximum atomic E-state index is 4.00. The first kappa shape index (κ1) is 13.1. The van der Waals surface area contributed by atoms with E-state index < -0.39 is 0 Å². The summed E-state index contributed by atoms with van der Waals surface area (Å²) in [6, 6.07) is 10.5. The predicted molar refractivity (Wildman–Crippen MR) is 61.4 cm³/mol. The van der Waals surface area contributed by atoms with Crippen molar-refractivity contribution in [2.75, 3.05) is 0 Å². The Hall–Kier alpha value is -0.900. The van der Waals surface area contributed by atoms with Gasteiger partial charge in [0.05, 0.1) is 0 Å². The summed E-state index contributed by atoms with van der Waals surface area (Å²) in [4.78, 5) is 0. The number of benzene rings is 1. The van der Waals surface area contributed by atoms with Gasteiger partial charge in [0.1, 0.15) is 0 Å². The van der Waals surface area contributed by atoms with E-state index in [2.05, 4.69) is 62.0 Å². The number of nitrogens with one attached hydrogen (secondary N) is 1. The largest absolute Gasteiger partial charge is 0.308 e. The van der Waals surface area contributed by atoms with Gasteiger partial charge in [-0.15, -0.1) is 0 Å².